The Balaban J connectivity index is 1.62. The molecule has 19 heavy (non-hydrogen) atoms. The molecule has 2 nitrogen and oxygen atoms in total. The van der Waals surface area contributed by atoms with Crippen LogP contribution >= 0.6 is 15.9 Å². The fourth-order valence-corrected chi connectivity index (χ4v) is 3.40. The number of benzene rings is 1. The van der Waals surface area contributed by atoms with Gasteiger partial charge in [-0.3, -0.25) is 0 Å². The quantitative estimate of drug-likeness (QED) is 0.900. The van der Waals surface area contributed by atoms with Crippen molar-refractivity contribution in [3.63, 3.8) is 0 Å². The van der Waals surface area contributed by atoms with Crippen molar-refractivity contribution in [1.29, 1.82) is 0 Å². The molecular formula is C16H22BrNO. The first kappa shape index (κ1) is 13.4. The molecule has 0 spiro atoms. The summed E-state index contributed by atoms with van der Waals surface area (Å²) < 4.78 is 7.03. The van der Waals surface area contributed by atoms with Crippen LogP contribution in [-0.2, 0) is 0 Å². The van der Waals surface area contributed by atoms with Gasteiger partial charge in [-0.1, -0.05) is 12.5 Å². The molecule has 1 aliphatic heterocycles. The molecule has 0 radical (unpaired) electrons. The van der Waals surface area contributed by atoms with Gasteiger partial charge in [0.05, 0.1) is 11.1 Å². The molecular weight excluding hydrogens is 302 g/mol. The molecule has 1 unspecified atom stereocenters. The molecule has 1 atom stereocenters. The summed E-state index contributed by atoms with van der Waals surface area (Å²) in [6.07, 6.45) is 6.62. The highest BCUT2D eigenvalue weighted by Crippen LogP contribution is 2.33. The molecule has 2 fully saturated rings. The molecule has 2 aliphatic rings. The Morgan fingerprint density at radius 3 is 2.74 bits per heavy atom. The summed E-state index contributed by atoms with van der Waals surface area (Å²) in [4.78, 5) is 0. The number of rotatable bonds is 4. The summed E-state index contributed by atoms with van der Waals surface area (Å²) in [5.74, 6) is 2.44. The van der Waals surface area contributed by atoms with E-state index in [0.717, 1.165) is 29.3 Å². The van der Waals surface area contributed by atoms with Gasteiger partial charge in [-0.25, -0.2) is 0 Å². The first-order valence-corrected chi connectivity index (χ1v) is 8.25. The zero-order valence-corrected chi connectivity index (χ0v) is 12.9. The molecule has 1 saturated carbocycles. The highest BCUT2D eigenvalue weighted by Gasteiger charge is 2.19. The number of hydrogen-bond donors (Lipinski definition) is 1. The predicted molar refractivity (Wildman–Crippen MR) is 81.8 cm³/mol. The third-order valence-corrected chi connectivity index (χ3v) is 5.04. The van der Waals surface area contributed by atoms with E-state index >= 15 is 0 Å². The third-order valence-electron chi connectivity index (χ3n) is 4.42. The van der Waals surface area contributed by atoms with Crippen LogP contribution in [0.1, 0.15) is 43.6 Å². The summed E-state index contributed by atoms with van der Waals surface area (Å²) >= 11 is 3.66. The van der Waals surface area contributed by atoms with E-state index in [1.54, 1.807) is 0 Å². The summed E-state index contributed by atoms with van der Waals surface area (Å²) in [6.45, 7) is 3.15. The van der Waals surface area contributed by atoms with Crippen molar-refractivity contribution in [2.45, 2.75) is 38.0 Å². The Labute approximate surface area is 124 Å². The van der Waals surface area contributed by atoms with Crippen LogP contribution in [-0.4, -0.2) is 19.7 Å². The number of ether oxygens (including phenoxy) is 1. The van der Waals surface area contributed by atoms with Gasteiger partial charge in [-0.2, -0.15) is 0 Å². The molecule has 1 aromatic rings. The zero-order valence-electron chi connectivity index (χ0n) is 11.3. The van der Waals surface area contributed by atoms with E-state index in [-0.39, 0.29) is 0 Å². The highest BCUT2D eigenvalue weighted by atomic mass is 79.9. The molecule has 0 aromatic heterocycles. The number of halogens is 1. The Bertz CT molecular complexity index is 425. The fourth-order valence-electron chi connectivity index (χ4n) is 2.89. The van der Waals surface area contributed by atoms with Gasteiger partial charge in [0, 0.05) is 6.54 Å². The minimum absolute atomic E-state index is 0.658. The van der Waals surface area contributed by atoms with Crippen molar-refractivity contribution in [2.24, 2.45) is 5.92 Å². The van der Waals surface area contributed by atoms with E-state index in [2.05, 4.69) is 39.4 Å². The number of nitrogens with one attached hydrogen (secondary N) is 1. The predicted octanol–water partition coefficient (Wildman–Crippen LogP) is 4.10. The first-order valence-electron chi connectivity index (χ1n) is 7.46. The fraction of sp³-hybridized carbons (Fsp3) is 0.625. The molecule has 0 bridgehead atoms. The largest absolute Gasteiger partial charge is 0.492 e. The Hall–Kier alpha value is -0.540. The minimum Gasteiger partial charge on any atom is -0.492 e. The lowest BCUT2D eigenvalue weighted by Crippen LogP contribution is -2.28. The van der Waals surface area contributed by atoms with E-state index in [9.17, 15) is 0 Å². The molecule has 104 valence electrons. The van der Waals surface area contributed by atoms with Gasteiger partial charge < -0.3 is 10.1 Å². The maximum atomic E-state index is 5.92. The number of hydrogen-bond acceptors (Lipinski definition) is 2. The lowest BCUT2D eigenvalue weighted by molar-refractivity contribution is 0.180. The van der Waals surface area contributed by atoms with Crippen LogP contribution < -0.4 is 10.1 Å². The average molecular weight is 324 g/mol. The van der Waals surface area contributed by atoms with Gasteiger partial charge in [0.25, 0.3) is 0 Å². The van der Waals surface area contributed by atoms with E-state index < -0.39 is 0 Å². The summed E-state index contributed by atoms with van der Waals surface area (Å²) in [6, 6.07) is 6.61. The molecule has 1 aliphatic carbocycles. The van der Waals surface area contributed by atoms with Gasteiger partial charge >= 0.3 is 0 Å². The van der Waals surface area contributed by atoms with Crippen molar-refractivity contribution in [1.82, 2.24) is 5.32 Å². The van der Waals surface area contributed by atoms with Crippen LogP contribution in [0.4, 0.5) is 0 Å². The van der Waals surface area contributed by atoms with E-state index in [1.165, 1.54) is 44.2 Å². The molecule has 1 aromatic carbocycles. The lowest BCUT2D eigenvalue weighted by atomic mass is 9.86. The summed E-state index contributed by atoms with van der Waals surface area (Å²) in [5, 5.41) is 3.48. The second-order valence-corrected chi connectivity index (χ2v) is 6.70. The van der Waals surface area contributed by atoms with Gasteiger partial charge in [-0.15, -0.1) is 0 Å². The monoisotopic (exact) mass is 323 g/mol. The second kappa shape index (κ2) is 6.27. The molecule has 1 saturated heterocycles. The van der Waals surface area contributed by atoms with Crippen molar-refractivity contribution in [2.75, 3.05) is 19.7 Å². The van der Waals surface area contributed by atoms with Crippen LogP contribution in [0.15, 0.2) is 22.7 Å². The van der Waals surface area contributed by atoms with E-state index in [1.807, 2.05) is 0 Å². The SMILES string of the molecule is Brc1cc(C2CCCNC2)ccc1OCC1CCC1. The maximum absolute atomic E-state index is 5.92. The normalized spacial score (nSPS) is 23.9. The molecule has 3 rings (SSSR count). The molecule has 1 heterocycles. The minimum atomic E-state index is 0.658. The van der Waals surface area contributed by atoms with Crippen LogP contribution in [0.5, 0.6) is 5.75 Å². The topological polar surface area (TPSA) is 21.3 Å². The molecule has 3 heteroatoms. The zero-order chi connectivity index (χ0) is 13.1. The maximum Gasteiger partial charge on any atom is 0.133 e. The smallest absolute Gasteiger partial charge is 0.133 e. The van der Waals surface area contributed by atoms with Crippen molar-refractivity contribution < 1.29 is 4.74 Å². The number of piperidine rings is 1. The van der Waals surface area contributed by atoms with Crippen molar-refractivity contribution in [3.05, 3.63) is 28.2 Å². The van der Waals surface area contributed by atoms with Crippen molar-refractivity contribution >= 4 is 15.9 Å². The molecule has 1 N–H and O–H groups in total. The average Bonchev–Trinajstić information content (AvgIpc) is 2.40. The van der Waals surface area contributed by atoms with E-state index in [0.29, 0.717) is 5.92 Å². The molecule has 0 amide bonds. The Morgan fingerprint density at radius 1 is 1.21 bits per heavy atom. The Kier molecular flexibility index (Phi) is 4.44. The van der Waals surface area contributed by atoms with Gasteiger partial charge in [0.15, 0.2) is 0 Å². The standard InChI is InChI=1S/C16H22BrNO/c17-15-9-13(14-5-2-8-18-10-14)6-7-16(15)19-11-12-3-1-4-12/h6-7,9,12,14,18H,1-5,8,10-11H2. The van der Waals surface area contributed by atoms with Gasteiger partial charge in [0.1, 0.15) is 5.75 Å². The lowest BCUT2D eigenvalue weighted by Gasteiger charge is -2.26. The summed E-state index contributed by atoms with van der Waals surface area (Å²) in [7, 11) is 0. The third kappa shape index (κ3) is 3.32. The van der Waals surface area contributed by atoms with Crippen LogP contribution in [0, 0.1) is 5.92 Å². The van der Waals surface area contributed by atoms with Crippen LogP contribution in [0.2, 0.25) is 0 Å². The van der Waals surface area contributed by atoms with E-state index in [4.69, 9.17) is 4.74 Å². The highest BCUT2D eigenvalue weighted by molar-refractivity contribution is 9.10. The van der Waals surface area contributed by atoms with Crippen LogP contribution in [0.3, 0.4) is 0 Å². The second-order valence-electron chi connectivity index (χ2n) is 5.84. The van der Waals surface area contributed by atoms with Crippen LogP contribution in [0.25, 0.3) is 0 Å². The van der Waals surface area contributed by atoms with Gasteiger partial charge in [0.2, 0.25) is 0 Å². The summed E-state index contributed by atoms with van der Waals surface area (Å²) in [5.41, 5.74) is 1.43. The van der Waals surface area contributed by atoms with Gasteiger partial charge in [-0.05, 0) is 77.7 Å². The Morgan fingerprint density at radius 2 is 2.11 bits per heavy atom. The first-order chi connectivity index (χ1) is 9.33. The van der Waals surface area contributed by atoms with Crippen molar-refractivity contribution in [3.8, 4) is 5.75 Å².